The Kier molecular flexibility index (Phi) is 5.50. The Morgan fingerprint density at radius 1 is 1.16 bits per heavy atom. The van der Waals surface area contributed by atoms with Crippen LogP contribution in [0.4, 0.5) is 0 Å². The largest absolute Gasteiger partial charge is 0.467 e. The molecule has 1 aliphatic heterocycles. The summed E-state index contributed by atoms with van der Waals surface area (Å²) in [7, 11) is 0. The van der Waals surface area contributed by atoms with Gasteiger partial charge in [-0.25, -0.2) is 0 Å². The van der Waals surface area contributed by atoms with Gasteiger partial charge in [0.15, 0.2) is 0 Å². The SMILES string of the molecule is O=C(NCC(O)c1ccco1)C1CCN(C(=O)c2ccccc2)CC1. The van der Waals surface area contributed by atoms with E-state index in [1.165, 1.54) is 6.26 Å². The van der Waals surface area contributed by atoms with Crippen molar-refractivity contribution in [1.82, 2.24) is 10.2 Å². The van der Waals surface area contributed by atoms with Crippen LogP contribution in [0.1, 0.15) is 35.1 Å². The molecule has 0 bridgehead atoms. The number of nitrogens with one attached hydrogen (secondary N) is 1. The molecule has 1 saturated heterocycles. The zero-order valence-corrected chi connectivity index (χ0v) is 13.9. The van der Waals surface area contributed by atoms with Gasteiger partial charge in [0.1, 0.15) is 11.9 Å². The number of benzene rings is 1. The number of aliphatic hydroxyl groups excluding tert-OH is 1. The summed E-state index contributed by atoms with van der Waals surface area (Å²) in [4.78, 5) is 26.5. The molecule has 2 amide bonds. The van der Waals surface area contributed by atoms with Crippen molar-refractivity contribution in [3.05, 3.63) is 60.1 Å². The highest BCUT2D eigenvalue weighted by Gasteiger charge is 2.28. The van der Waals surface area contributed by atoms with E-state index in [0.717, 1.165) is 0 Å². The highest BCUT2D eigenvalue weighted by atomic mass is 16.4. The average molecular weight is 342 g/mol. The van der Waals surface area contributed by atoms with Gasteiger partial charge < -0.3 is 19.7 Å². The molecule has 1 aromatic carbocycles. The Morgan fingerprint density at radius 2 is 1.88 bits per heavy atom. The van der Waals surface area contributed by atoms with Crippen molar-refractivity contribution >= 4 is 11.8 Å². The number of hydrogen-bond acceptors (Lipinski definition) is 4. The molecular weight excluding hydrogens is 320 g/mol. The molecule has 0 saturated carbocycles. The molecule has 25 heavy (non-hydrogen) atoms. The summed E-state index contributed by atoms with van der Waals surface area (Å²) in [6.45, 7) is 1.24. The van der Waals surface area contributed by atoms with Crippen LogP contribution in [0, 0.1) is 5.92 Å². The smallest absolute Gasteiger partial charge is 0.253 e. The molecule has 1 atom stereocenters. The van der Waals surface area contributed by atoms with Crippen LogP contribution in [0.15, 0.2) is 53.1 Å². The molecule has 6 nitrogen and oxygen atoms in total. The molecule has 0 aliphatic carbocycles. The molecule has 1 aromatic heterocycles. The van der Waals surface area contributed by atoms with Crippen LogP contribution in [-0.2, 0) is 4.79 Å². The van der Waals surface area contributed by atoms with Crippen LogP contribution >= 0.6 is 0 Å². The zero-order chi connectivity index (χ0) is 17.6. The second-order valence-electron chi connectivity index (χ2n) is 6.21. The Hall–Kier alpha value is -2.60. The summed E-state index contributed by atoms with van der Waals surface area (Å²) in [6.07, 6.45) is 1.89. The number of hydrogen-bond donors (Lipinski definition) is 2. The highest BCUT2D eigenvalue weighted by molar-refractivity contribution is 5.94. The summed E-state index contributed by atoms with van der Waals surface area (Å²) in [5.74, 6) is 0.220. The second kappa shape index (κ2) is 7.98. The van der Waals surface area contributed by atoms with E-state index in [1.807, 2.05) is 18.2 Å². The van der Waals surface area contributed by atoms with E-state index in [1.54, 1.807) is 29.2 Å². The van der Waals surface area contributed by atoms with Gasteiger partial charge in [-0.1, -0.05) is 18.2 Å². The van der Waals surface area contributed by atoms with Crippen molar-refractivity contribution in [2.45, 2.75) is 18.9 Å². The van der Waals surface area contributed by atoms with Crippen LogP contribution in [0.2, 0.25) is 0 Å². The highest BCUT2D eigenvalue weighted by Crippen LogP contribution is 2.20. The van der Waals surface area contributed by atoms with Crippen molar-refractivity contribution in [3.63, 3.8) is 0 Å². The summed E-state index contributed by atoms with van der Waals surface area (Å²) < 4.78 is 5.11. The third-order valence-electron chi connectivity index (χ3n) is 4.51. The second-order valence-corrected chi connectivity index (χ2v) is 6.21. The topological polar surface area (TPSA) is 82.8 Å². The lowest BCUT2D eigenvalue weighted by Gasteiger charge is -2.31. The molecule has 2 aromatic rings. The molecule has 2 N–H and O–H groups in total. The van der Waals surface area contributed by atoms with Crippen LogP contribution in [-0.4, -0.2) is 41.5 Å². The summed E-state index contributed by atoms with van der Waals surface area (Å²) in [6, 6.07) is 12.5. The third-order valence-corrected chi connectivity index (χ3v) is 4.51. The molecule has 1 aliphatic rings. The molecule has 2 heterocycles. The van der Waals surface area contributed by atoms with Gasteiger partial charge in [-0.2, -0.15) is 0 Å². The van der Waals surface area contributed by atoms with Crippen LogP contribution in [0.3, 0.4) is 0 Å². The van der Waals surface area contributed by atoms with Gasteiger partial charge in [0.25, 0.3) is 5.91 Å². The third kappa shape index (κ3) is 4.28. The predicted molar refractivity (Wildman–Crippen MR) is 91.7 cm³/mol. The molecule has 3 rings (SSSR count). The molecule has 1 fully saturated rings. The van der Waals surface area contributed by atoms with Crippen molar-refractivity contribution in [3.8, 4) is 0 Å². The number of rotatable bonds is 5. The van der Waals surface area contributed by atoms with E-state index < -0.39 is 6.10 Å². The maximum Gasteiger partial charge on any atom is 0.253 e. The average Bonchev–Trinajstić information content (AvgIpc) is 3.21. The number of aliphatic hydroxyl groups is 1. The van der Waals surface area contributed by atoms with Crippen molar-refractivity contribution in [2.24, 2.45) is 5.92 Å². The van der Waals surface area contributed by atoms with Crippen LogP contribution < -0.4 is 5.32 Å². The van der Waals surface area contributed by atoms with Gasteiger partial charge in [-0.05, 0) is 37.1 Å². The van der Waals surface area contributed by atoms with E-state index in [9.17, 15) is 14.7 Å². The van der Waals surface area contributed by atoms with Gasteiger partial charge in [-0.3, -0.25) is 9.59 Å². The first-order chi connectivity index (χ1) is 12.1. The first kappa shape index (κ1) is 17.2. The molecule has 1 unspecified atom stereocenters. The Bertz CT molecular complexity index is 691. The number of piperidine rings is 1. The van der Waals surface area contributed by atoms with E-state index in [4.69, 9.17) is 4.42 Å². The summed E-state index contributed by atoms with van der Waals surface area (Å²) in [5.41, 5.74) is 0.673. The number of likely N-dealkylation sites (tertiary alicyclic amines) is 1. The molecular formula is C19H22N2O4. The monoisotopic (exact) mass is 342 g/mol. The van der Waals surface area contributed by atoms with E-state index in [2.05, 4.69) is 5.32 Å². The maximum atomic E-state index is 12.4. The van der Waals surface area contributed by atoms with Crippen LogP contribution in [0.5, 0.6) is 0 Å². The number of carbonyl (C=O) groups excluding carboxylic acids is 2. The van der Waals surface area contributed by atoms with E-state index in [0.29, 0.717) is 37.3 Å². The quantitative estimate of drug-likeness (QED) is 0.870. The molecule has 132 valence electrons. The Morgan fingerprint density at radius 3 is 2.52 bits per heavy atom. The van der Waals surface area contributed by atoms with Gasteiger partial charge in [0, 0.05) is 24.6 Å². The van der Waals surface area contributed by atoms with Crippen molar-refractivity contribution < 1.29 is 19.1 Å². The van der Waals surface area contributed by atoms with E-state index >= 15 is 0 Å². The predicted octanol–water partition coefficient (Wildman–Crippen LogP) is 1.98. The normalized spacial score (nSPS) is 16.4. The number of amides is 2. The number of carbonyl (C=O) groups is 2. The van der Waals surface area contributed by atoms with Gasteiger partial charge >= 0.3 is 0 Å². The fourth-order valence-corrected chi connectivity index (χ4v) is 3.03. The maximum absolute atomic E-state index is 12.4. The number of nitrogens with zero attached hydrogens (tertiary/aromatic N) is 1. The standard InChI is InChI=1S/C19H22N2O4/c22-16(17-7-4-12-25-17)13-20-18(23)14-8-10-21(11-9-14)19(24)15-5-2-1-3-6-15/h1-7,12,14,16,22H,8-11,13H2,(H,20,23). The van der Waals surface area contributed by atoms with Gasteiger partial charge in [0.05, 0.1) is 12.8 Å². The first-order valence-electron chi connectivity index (χ1n) is 8.48. The molecule has 6 heteroatoms. The van der Waals surface area contributed by atoms with Gasteiger partial charge in [-0.15, -0.1) is 0 Å². The van der Waals surface area contributed by atoms with Crippen molar-refractivity contribution in [2.75, 3.05) is 19.6 Å². The lowest BCUT2D eigenvalue weighted by molar-refractivity contribution is -0.126. The molecule has 0 spiro atoms. The Labute approximate surface area is 146 Å². The van der Waals surface area contributed by atoms with E-state index in [-0.39, 0.29) is 24.3 Å². The minimum absolute atomic E-state index is 0.00713. The fourth-order valence-electron chi connectivity index (χ4n) is 3.03. The van der Waals surface area contributed by atoms with Crippen LogP contribution in [0.25, 0.3) is 0 Å². The van der Waals surface area contributed by atoms with Gasteiger partial charge in [0.2, 0.25) is 5.91 Å². The summed E-state index contributed by atoms with van der Waals surface area (Å²) in [5, 5.41) is 12.7. The zero-order valence-electron chi connectivity index (χ0n) is 13.9. The first-order valence-corrected chi connectivity index (χ1v) is 8.48. The lowest BCUT2D eigenvalue weighted by atomic mass is 9.95. The Balaban J connectivity index is 1.45. The summed E-state index contributed by atoms with van der Waals surface area (Å²) >= 11 is 0. The fraction of sp³-hybridized carbons (Fsp3) is 0.368. The molecule has 0 radical (unpaired) electrons. The number of furan rings is 1. The lowest BCUT2D eigenvalue weighted by Crippen LogP contribution is -2.43. The van der Waals surface area contributed by atoms with Crippen molar-refractivity contribution in [1.29, 1.82) is 0 Å². The minimum atomic E-state index is -0.848. The minimum Gasteiger partial charge on any atom is -0.467 e.